The van der Waals surface area contributed by atoms with Gasteiger partial charge in [0.25, 0.3) is 0 Å². The second-order valence-electron chi connectivity index (χ2n) is 5.95. The molecule has 2 rings (SSSR count). The van der Waals surface area contributed by atoms with E-state index < -0.39 is 6.04 Å². The highest BCUT2D eigenvalue weighted by Crippen LogP contribution is 2.12. The molecule has 0 radical (unpaired) electrons. The molecule has 6 heteroatoms. The van der Waals surface area contributed by atoms with Gasteiger partial charge in [0.15, 0.2) is 0 Å². The van der Waals surface area contributed by atoms with Crippen LogP contribution in [0.1, 0.15) is 11.1 Å². The third-order valence-electron chi connectivity index (χ3n) is 3.71. The van der Waals surface area contributed by atoms with E-state index in [0.717, 1.165) is 11.1 Å². The number of nitrogens with two attached hydrogens (primary N) is 1. The van der Waals surface area contributed by atoms with Crippen LogP contribution in [-0.4, -0.2) is 36.9 Å². The minimum Gasteiger partial charge on any atom is -0.349 e. The summed E-state index contributed by atoms with van der Waals surface area (Å²) in [5.41, 5.74) is 8.56. The van der Waals surface area contributed by atoms with Gasteiger partial charge >= 0.3 is 0 Å². The summed E-state index contributed by atoms with van der Waals surface area (Å²) in [4.78, 5) is 25.4. The number of halogens is 1. The Morgan fingerprint density at radius 3 is 2.16 bits per heavy atom. The van der Waals surface area contributed by atoms with Crippen LogP contribution in [0.2, 0.25) is 0 Å². The van der Waals surface area contributed by atoms with Crippen molar-refractivity contribution < 1.29 is 9.59 Å². The largest absolute Gasteiger partial charge is 0.349 e. The van der Waals surface area contributed by atoms with E-state index >= 15 is 0 Å². The Kier molecular flexibility index (Phi) is 8.11. The summed E-state index contributed by atoms with van der Waals surface area (Å²) in [6.45, 7) is 0. The first-order valence-electron chi connectivity index (χ1n) is 7.85. The van der Waals surface area contributed by atoms with Crippen LogP contribution in [0.4, 0.5) is 5.69 Å². The minimum absolute atomic E-state index is 0. The van der Waals surface area contributed by atoms with Crippen LogP contribution in [0.5, 0.6) is 0 Å². The topological polar surface area (TPSA) is 75.4 Å². The number of hydrogen-bond acceptors (Lipinski definition) is 3. The number of amides is 2. The third-order valence-corrected chi connectivity index (χ3v) is 3.71. The fourth-order valence-electron chi connectivity index (χ4n) is 2.23. The summed E-state index contributed by atoms with van der Waals surface area (Å²) >= 11 is 0. The Bertz CT molecular complexity index is 688. The lowest BCUT2D eigenvalue weighted by Gasteiger charge is -2.13. The number of rotatable bonds is 6. The number of likely N-dealkylation sites (N-methyl/N-ethyl adjacent to an activating group) is 1. The van der Waals surface area contributed by atoms with E-state index in [-0.39, 0.29) is 24.2 Å². The molecule has 2 aromatic rings. The maximum absolute atomic E-state index is 12.2. The van der Waals surface area contributed by atoms with Crippen LogP contribution >= 0.6 is 12.4 Å². The predicted octanol–water partition coefficient (Wildman–Crippen LogP) is 2.25. The quantitative estimate of drug-likeness (QED) is 0.828. The van der Waals surface area contributed by atoms with Crippen LogP contribution < -0.4 is 11.1 Å². The normalized spacial score (nSPS) is 11.2. The van der Waals surface area contributed by atoms with Crippen LogP contribution in [0.25, 0.3) is 0 Å². The summed E-state index contributed by atoms with van der Waals surface area (Å²) in [7, 11) is 3.45. The first kappa shape index (κ1) is 20.7. The molecule has 3 N–H and O–H groups in total. The molecule has 0 saturated carbocycles. The van der Waals surface area contributed by atoms with Crippen molar-refractivity contribution in [3.63, 3.8) is 0 Å². The Labute approximate surface area is 154 Å². The summed E-state index contributed by atoms with van der Waals surface area (Å²) in [6, 6.07) is 16.3. The first-order chi connectivity index (χ1) is 11.5. The molecular formula is C19H24ClN3O2. The van der Waals surface area contributed by atoms with Gasteiger partial charge in [0.1, 0.15) is 0 Å². The molecule has 5 nitrogen and oxygen atoms in total. The molecule has 2 aromatic carbocycles. The van der Waals surface area contributed by atoms with Crippen molar-refractivity contribution in [3.8, 4) is 0 Å². The highest BCUT2D eigenvalue weighted by molar-refractivity contribution is 5.94. The molecule has 0 unspecified atom stereocenters. The van der Waals surface area contributed by atoms with Gasteiger partial charge in [-0.05, 0) is 29.7 Å². The molecule has 25 heavy (non-hydrogen) atoms. The van der Waals surface area contributed by atoms with Crippen molar-refractivity contribution in [3.05, 3.63) is 65.7 Å². The number of nitrogens with zero attached hydrogens (tertiary/aromatic N) is 1. The van der Waals surface area contributed by atoms with E-state index in [4.69, 9.17) is 5.73 Å². The van der Waals surface area contributed by atoms with Crippen LogP contribution in [0.3, 0.4) is 0 Å². The Morgan fingerprint density at radius 2 is 1.60 bits per heavy atom. The number of benzene rings is 2. The van der Waals surface area contributed by atoms with Gasteiger partial charge in [0, 0.05) is 19.8 Å². The van der Waals surface area contributed by atoms with Crippen LogP contribution in [0, 0.1) is 0 Å². The molecule has 0 bridgehead atoms. The van der Waals surface area contributed by atoms with Gasteiger partial charge in [-0.3, -0.25) is 9.59 Å². The molecule has 0 aliphatic rings. The fraction of sp³-hybridized carbons (Fsp3) is 0.263. The molecule has 0 aliphatic carbocycles. The average Bonchev–Trinajstić information content (AvgIpc) is 2.57. The number of carbonyl (C=O) groups excluding carboxylic acids is 2. The summed E-state index contributed by atoms with van der Waals surface area (Å²) in [6.07, 6.45) is 0.830. The number of carbonyl (C=O) groups is 2. The zero-order valence-electron chi connectivity index (χ0n) is 14.4. The standard InChI is InChI=1S/C19H23N3O2.ClH/c1-22(2)18(23)13-15-8-10-16(11-9-15)21-19(24)17(20)12-14-6-4-3-5-7-14;/h3-11,17H,12-13,20H2,1-2H3,(H,21,24);1H/t17-;/m0./s1. The number of hydrogen-bond donors (Lipinski definition) is 2. The van der Waals surface area contributed by atoms with E-state index in [1.807, 2.05) is 42.5 Å². The van der Waals surface area contributed by atoms with Crippen molar-refractivity contribution in [1.82, 2.24) is 4.90 Å². The minimum atomic E-state index is -0.609. The van der Waals surface area contributed by atoms with E-state index in [2.05, 4.69) is 5.32 Å². The second kappa shape index (κ2) is 9.81. The van der Waals surface area contributed by atoms with Gasteiger partial charge in [0.05, 0.1) is 12.5 Å². The lowest BCUT2D eigenvalue weighted by molar-refractivity contribution is -0.128. The molecule has 0 fully saturated rings. The maximum atomic E-state index is 12.2. The van der Waals surface area contributed by atoms with Gasteiger partial charge in [0.2, 0.25) is 11.8 Å². The Hall–Kier alpha value is -2.37. The van der Waals surface area contributed by atoms with Gasteiger partial charge in [-0.1, -0.05) is 42.5 Å². The van der Waals surface area contributed by atoms with E-state index in [1.54, 1.807) is 31.1 Å². The molecule has 134 valence electrons. The van der Waals surface area contributed by atoms with Crippen molar-refractivity contribution in [2.75, 3.05) is 19.4 Å². The van der Waals surface area contributed by atoms with Crippen molar-refractivity contribution in [2.24, 2.45) is 5.73 Å². The molecule has 0 aliphatic heterocycles. The molecular weight excluding hydrogens is 338 g/mol. The number of anilines is 1. The number of nitrogens with one attached hydrogen (secondary N) is 1. The molecule has 0 aromatic heterocycles. The van der Waals surface area contributed by atoms with E-state index in [1.165, 1.54) is 0 Å². The Balaban J connectivity index is 0.00000312. The summed E-state index contributed by atoms with van der Waals surface area (Å²) < 4.78 is 0. The van der Waals surface area contributed by atoms with Crippen LogP contribution in [0.15, 0.2) is 54.6 Å². The highest BCUT2D eigenvalue weighted by Gasteiger charge is 2.14. The van der Waals surface area contributed by atoms with Gasteiger partial charge < -0.3 is 16.0 Å². The lowest BCUT2D eigenvalue weighted by atomic mass is 10.1. The van der Waals surface area contributed by atoms with E-state index in [9.17, 15) is 9.59 Å². The SMILES string of the molecule is CN(C)C(=O)Cc1ccc(NC(=O)[C@@H](N)Cc2ccccc2)cc1.Cl. The molecule has 0 saturated heterocycles. The highest BCUT2D eigenvalue weighted by atomic mass is 35.5. The monoisotopic (exact) mass is 361 g/mol. The van der Waals surface area contributed by atoms with Crippen LogP contribution in [-0.2, 0) is 22.4 Å². The first-order valence-corrected chi connectivity index (χ1v) is 7.85. The van der Waals surface area contributed by atoms with E-state index in [0.29, 0.717) is 18.5 Å². The van der Waals surface area contributed by atoms with Crippen molar-refractivity contribution >= 4 is 29.9 Å². The summed E-state index contributed by atoms with van der Waals surface area (Å²) in [5, 5.41) is 2.81. The maximum Gasteiger partial charge on any atom is 0.241 e. The summed E-state index contributed by atoms with van der Waals surface area (Å²) in [5.74, 6) is -0.187. The molecule has 0 spiro atoms. The predicted molar refractivity (Wildman–Crippen MR) is 103 cm³/mol. The van der Waals surface area contributed by atoms with Gasteiger partial charge in [-0.2, -0.15) is 0 Å². The van der Waals surface area contributed by atoms with Gasteiger partial charge in [-0.25, -0.2) is 0 Å². The second-order valence-corrected chi connectivity index (χ2v) is 5.95. The van der Waals surface area contributed by atoms with Crippen molar-refractivity contribution in [1.29, 1.82) is 0 Å². The zero-order valence-corrected chi connectivity index (χ0v) is 15.3. The zero-order chi connectivity index (χ0) is 17.5. The molecule has 1 atom stereocenters. The Morgan fingerprint density at radius 1 is 1.00 bits per heavy atom. The van der Waals surface area contributed by atoms with Gasteiger partial charge in [-0.15, -0.1) is 12.4 Å². The molecule has 0 heterocycles. The van der Waals surface area contributed by atoms with Crippen molar-refractivity contribution in [2.45, 2.75) is 18.9 Å². The lowest BCUT2D eigenvalue weighted by Crippen LogP contribution is -2.37. The molecule has 2 amide bonds. The fourth-order valence-corrected chi connectivity index (χ4v) is 2.23. The average molecular weight is 362 g/mol. The third kappa shape index (κ3) is 6.57. The smallest absolute Gasteiger partial charge is 0.241 e.